The minimum Gasteiger partial charge on any atom is -0.486 e. The van der Waals surface area contributed by atoms with Crippen molar-refractivity contribution in [3.8, 4) is 11.5 Å². The molecule has 4 rings (SSSR count). The summed E-state index contributed by atoms with van der Waals surface area (Å²) in [6.07, 6.45) is 3.20. The van der Waals surface area contributed by atoms with Crippen molar-refractivity contribution in [3.05, 3.63) is 36.2 Å². The van der Waals surface area contributed by atoms with E-state index in [2.05, 4.69) is 15.3 Å². The van der Waals surface area contributed by atoms with E-state index in [9.17, 15) is 4.79 Å². The minimum absolute atomic E-state index is 0.287. The Kier molecular flexibility index (Phi) is 4.34. The molecule has 0 bridgehead atoms. The van der Waals surface area contributed by atoms with Crippen molar-refractivity contribution in [1.82, 2.24) is 9.97 Å². The molecule has 8 heteroatoms. The monoisotopic (exact) mass is 342 g/mol. The van der Waals surface area contributed by atoms with Crippen molar-refractivity contribution >= 4 is 17.5 Å². The second-order valence-electron chi connectivity index (χ2n) is 5.66. The molecule has 0 aliphatic carbocycles. The van der Waals surface area contributed by atoms with E-state index in [1.54, 1.807) is 30.6 Å². The average molecular weight is 342 g/mol. The first-order valence-electron chi connectivity index (χ1n) is 8.16. The molecule has 1 saturated heterocycles. The molecule has 2 aromatic rings. The van der Waals surface area contributed by atoms with Crippen LogP contribution in [-0.2, 0) is 4.74 Å². The lowest BCUT2D eigenvalue weighted by Crippen LogP contribution is -2.37. The van der Waals surface area contributed by atoms with Crippen LogP contribution in [0.4, 0.5) is 11.6 Å². The fourth-order valence-electron chi connectivity index (χ4n) is 2.76. The largest absolute Gasteiger partial charge is 0.486 e. The van der Waals surface area contributed by atoms with Crippen molar-refractivity contribution < 1.29 is 19.0 Å². The number of para-hydroxylation sites is 1. The van der Waals surface area contributed by atoms with Crippen molar-refractivity contribution in [2.24, 2.45) is 0 Å². The van der Waals surface area contributed by atoms with Gasteiger partial charge in [-0.25, -0.2) is 9.97 Å². The molecule has 2 aliphatic heterocycles. The van der Waals surface area contributed by atoms with Crippen molar-refractivity contribution in [2.75, 3.05) is 49.7 Å². The molecule has 1 aromatic heterocycles. The fraction of sp³-hybridized carbons (Fsp3) is 0.353. The number of fused-ring (bicyclic) bond motifs is 1. The lowest BCUT2D eigenvalue weighted by Gasteiger charge is -2.26. The maximum atomic E-state index is 12.5. The number of ether oxygens (including phenoxy) is 3. The van der Waals surface area contributed by atoms with E-state index in [4.69, 9.17) is 14.2 Å². The molecule has 0 spiro atoms. The van der Waals surface area contributed by atoms with Crippen LogP contribution >= 0.6 is 0 Å². The SMILES string of the molecule is O=C(Nc1cnc(N2CCOCC2)nc1)c1cccc2c1OCCO2. The Morgan fingerprint density at radius 3 is 2.60 bits per heavy atom. The number of hydrogen-bond acceptors (Lipinski definition) is 7. The standard InChI is InChI=1S/C17H18N4O4/c22-16(13-2-1-3-14-15(13)25-9-8-24-14)20-12-10-18-17(19-11-12)21-4-6-23-7-5-21/h1-3,10-11H,4-9H2,(H,20,22). The third-order valence-corrected chi connectivity index (χ3v) is 4.00. The summed E-state index contributed by atoms with van der Waals surface area (Å²) in [5, 5.41) is 2.80. The Morgan fingerprint density at radius 1 is 1.04 bits per heavy atom. The molecule has 3 heterocycles. The zero-order valence-corrected chi connectivity index (χ0v) is 13.6. The molecule has 130 valence electrons. The van der Waals surface area contributed by atoms with Gasteiger partial charge >= 0.3 is 0 Å². The number of amides is 1. The smallest absolute Gasteiger partial charge is 0.259 e. The molecule has 1 aromatic carbocycles. The molecule has 8 nitrogen and oxygen atoms in total. The van der Waals surface area contributed by atoms with Gasteiger partial charge in [0.1, 0.15) is 13.2 Å². The number of morpholine rings is 1. The van der Waals surface area contributed by atoms with Crippen LogP contribution in [0, 0.1) is 0 Å². The molecule has 0 radical (unpaired) electrons. The predicted octanol–water partition coefficient (Wildman–Crippen LogP) is 1.34. The molecular weight excluding hydrogens is 324 g/mol. The number of nitrogens with one attached hydrogen (secondary N) is 1. The summed E-state index contributed by atoms with van der Waals surface area (Å²) in [5.41, 5.74) is 0.950. The molecule has 0 atom stereocenters. The highest BCUT2D eigenvalue weighted by molar-refractivity contribution is 6.06. The first-order valence-corrected chi connectivity index (χ1v) is 8.16. The van der Waals surface area contributed by atoms with Gasteiger partial charge in [-0.05, 0) is 12.1 Å². The first-order chi connectivity index (χ1) is 12.3. The summed E-state index contributed by atoms with van der Waals surface area (Å²) < 4.78 is 16.4. The highest BCUT2D eigenvalue weighted by Crippen LogP contribution is 2.33. The summed E-state index contributed by atoms with van der Waals surface area (Å²) in [4.78, 5) is 23.2. The normalized spacial score (nSPS) is 16.4. The van der Waals surface area contributed by atoms with Crippen molar-refractivity contribution in [2.45, 2.75) is 0 Å². The van der Waals surface area contributed by atoms with Crippen molar-refractivity contribution in [3.63, 3.8) is 0 Å². The number of carbonyl (C=O) groups excluding carboxylic acids is 1. The lowest BCUT2D eigenvalue weighted by atomic mass is 10.1. The van der Waals surface area contributed by atoms with Crippen LogP contribution in [0.1, 0.15) is 10.4 Å². The van der Waals surface area contributed by atoms with Gasteiger partial charge in [0.05, 0.1) is 36.9 Å². The highest BCUT2D eigenvalue weighted by atomic mass is 16.6. The van der Waals surface area contributed by atoms with E-state index in [0.29, 0.717) is 55.1 Å². The van der Waals surface area contributed by atoms with Gasteiger partial charge in [-0.2, -0.15) is 0 Å². The van der Waals surface area contributed by atoms with Gasteiger partial charge in [-0.3, -0.25) is 4.79 Å². The summed E-state index contributed by atoms with van der Waals surface area (Å²) in [6, 6.07) is 5.25. The predicted molar refractivity (Wildman–Crippen MR) is 90.4 cm³/mol. The van der Waals surface area contributed by atoms with Crippen LogP contribution in [0.15, 0.2) is 30.6 Å². The number of aromatic nitrogens is 2. The van der Waals surface area contributed by atoms with E-state index in [1.165, 1.54) is 0 Å². The second kappa shape index (κ2) is 6.94. The Labute approximate surface area is 144 Å². The van der Waals surface area contributed by atoms with Gasteiger partial charge in [-0.15, -0.1) is 0 Å². The lowest BCUT2D eigenvalue weighted by molar-refractivity contribution is 0.101. The molecule has 1 amide bonds. The summed E-state index contributed by atoms with van der Waals surface area (Å²) in [5.74, 6) is 1.40. The summed E-state index contributed by atoms with van der Waals surface area (Å²) in [7, 11) is 0. The van der Waals surface area contributed by atoms with E-state index in [1.807, 2.05) is 4.90 Å². The van der Waals surface area contributed by atoms with Crippen molar-refractivity contribution in [1.29, 1.82) is 0 Å². The third kappa shape index (κ3) is 3.34. The molecule has 2 aliphatic rings. The van der Waals surface area contributed by atoms with Crippen LogP contribution in [0.25, 0.3) is 0 Å². The Hall–Kier alpha value is -2.87. The average Bonchev–Trinajstić information content (AvgIpc) is 2.69. The third-order valence-electron chi connectivity index (χ3n) is 4.00. The van der Waals surface area contributed by atoms with Gasteiger partial charge < -0.3 is 24.4 Å². The number of benzene rings is 1. The maximum Gasteiger partial charge on any atom is 0.259 e. The van der Waals surface area contributed by atoms with E-state index in [-0.39, 0.29) is 5.91 Å². The zero-order valence-electron chi connectivity index (χ0n) is 13.6. The molecule has 25 heavy (non-hydrogen) atoms. The maximum absolute atomic E-state index is 12.5. The van der Waals surface area contributed by atoms with Gasteiger partial charge in [0.25, 0.3) is 5.91 Å². The Bertz CT molecular complexity index is 760. The number of hydrogen-bond donors (Lipinski definition) is 1. The first kappa shape index (κ1) is 15.6. The van der Waals surface area contributed by atoms with Gasteiger partial charge in [0, 0.05) is 13.1 Å². The quantitative estimate of drug-likeness (QED) is 0.901. The minimum atomic E-state index is -0.287. The van der Waals surface area contributed by atoms with Crippen LogP contribution in [0.2, 0.25) is 0 Å². The van der Waals surface area contributed by atoms with Crippen LogP contribution in [-0.4, -0.2) is 55.4 Å². The van der Waals surface area contributed by atoms with Gasteiger partial charge in [0.15, 0.2) is 11.5 Å². The molecule has 0 unspecified atom stereocenters. The van der Waals surface area contributed by atoms with E-state index >= 15 is 0 Å². The summed E-state index contributed by atoms with van der Waals surface area (Å²) in [6.45, 7) is 3.77. The second-order valence-corrected chi connectivity index (χ2v) is 5.66. The topological polar surface area (TPSA) is 85.8 Å². The van der Waals surface area contributed by atoms with E-state index in [0.717, 1.165) is 13.1 Å². The molecular formula is C17H18N4O4. The zero-order chi connectivity index (χ0) is 17.1. The highest BCUT2D eigenvalue weighted by Gasteiger charge is 2.21. The Balaban J connectivity index is 1.48. The van der Waals surface area contributed by atoms with Crippen LogP contribution < -0.4 is 19.7 Å². The van der Waals surface area contributed by atoms with Gasteiger partial charge in [0.2, 0.25) is 5.95 Å². The summed E-state index contributed by atoms with van der Waals surface area (Å²) >= 11 is 0. The molecule has 1 N–H and O–H groups in total. The molecule has 0 saturated carbocycles. The van der Waals surface area contributed by atoms with E-state index < -0.39 is 0 Å². The Morgan fingerprint density at radius 2 is 1.80 bits per heavy atom. The van der Waals surface area contributed by atoms with Gasteiger partial charge in [-0.1, -0.05) is 6.07 Å². The van der Waals surface area contributed by atoms with Crippen LogP contribution in [0.5, 0.6) is 11.5 Å². The number of anilines is 2. The van der Waals surface area contributed by atoms with Crippen LogP contribution in [0.3, 0.4) is 0 Å². The number of nitrogens with zero attached hydrogens (tertiary/aromatic N) is 3. The molecule has 1 fully saturated rings. The number of rotatable bonds is 3. The number of carbonyl (C=O) groups is 1. The fourth-order valence-corrected chi connectivity index (χ4v) is 2.76.